The van der Waals surface area contributed by atoms with Gasteiger partial charge >= 0.3 is 0 Å². The monoisotopic (exact) mass is 405 g/mol. The van der Waals surface area contributed by atoms with Gasteiger partial charge in [-0.1, -0.05) is 23.7 Å². The Bertz CT molecular complexity index is 1000. The normalized spacial score (nSPS) is 11.4. The van der Waals surface area contributed by atoms with Gasteiger partial charge < -0.3 is 19.1 Å². The molecule has 0 aliphatic carbocycles. The third-order valence-electron chi connectivity index (χ3n) is 3.36. The van der Waals surface area contributed by atoms with E-state index in [2.05, 4.69) is 10.2 Å². The van der Waals surface area contributed by atoms with Crippen molar-refractivity contribution >= 4 is 35.4 Å². The van der Waals surface area contributed by atoms with E-state index in [0.29, 0.717) is 21.9 Å². The summed E-state index contributed by atoms with van der Waals surface area (Å²) in [6.45, 7) is 0. The topological polar surface area (TPSA) is 88.3 Å². The van der Waals surface area contributed by atoms with Crippen molar-refractivity contribution in [2.24, 2.45) is 0 Å². The minimum Gasteiger partial charge on any atom is -0.544 e. The zero-order chi connectivity index (χ0) is 19.4. The van der Waals surface area contributed by atoms with Crippen LogP contribution in [0.4, 0.5) is 4.39 Å². The van der Waals surface area contributed by atoms with Crippen LogP contribution >= 0.6 is 23.4 Å². The molecule has 0 amide bonds. The number of methoxy groups -OCH3 is 1. The summed E-state index contributed by atoms with van der Waals surface area (Å²) < 4.78 is 23.7. The Kier molecular flexibility index (Phi) is 5.78. The molecule has 6 nitrogen and oxygen atoms in total. The van der Waals surface area contributed by atoms with Gasteiger partial charge in [-0.05, 0) is 53.7 Å². The number of aliphatic carboxylic acids is 1. The van der Waals surface area contributed by atoms with Crippen LogP contribution in [0.25, 0.3) is 17.5 Å². The van der Waals surface area contributed by atoms with E-state index < -0.39 is 11.8 Å². The van der Waals surface area contributed by atoms with Crippen LogP contribution in [0.2, 0.25) is 5.02 Å². The molecule has 138 valence electrons. The van der Waals surface area contributed by atoms with E-state index in [0.717, 1.165) is 11.8 Å². The summed E-state index contributed by atoms with van der Waals surface area (Å²) >= 11 is 6.71. The Morgan fingerprint density at radius 3 is 2.67 bits per heavy atom. The number of halogens is 2. The summed E-state index contributed by atoms with van der Waals surface area (Å²) in [6.07, 6.45) is 1.32. The fraction of sp³-hybridized carbons (Fsp3) is 0.0556. The lowest BCUT2D eigenvalue weighted by Gasteiger charge is -2.06. The van der Waals surface area contributed by atoms with Gasteiger partial charge in [0.05, 0.1) is 18.6 Å². The van der Waals surface area contributed by atoms with Gasteiger partial charge in [0.25, 0.3) is 11.1 Å². The van der Waals surface area contributed by atoms with Gasteiger partial charge in [-0.25, -0.2) is 4.39 Å². The molecule has 0 bridgehead atoms. The molecule has 0 saturated heterocycles. The average molecular weight is 406 g/mol. The number of carboxylic acids is 1. The first-order valence-corrected chi connectivity index (χ1v) is 8.69. The molecule has 9 heteroatoms. The van der Waals surface area contributed by atoms with Gasteiger partial charge in [-0.3, -0.25) is 0 Å². The average Bonchev–Trinajstić information content (AvgIpc) is 3.11. The van der Waals surface area contributed by atoms with Gasteiger partial charge in [-0.2, -0.15) is 0 Å². The number of rotatable bonds is 6. The molecule has 0 aliphatic rings. The van der Waals surface area contributed by atoms with Crippen LogP contribution in [-0.4, -0.2) is 23.3 Å². The summed E-state index contributed by atoms with van der Waals surface area (Å²) in [5.74, 6) is -1.26. The molecule has 2 aromatic carbocycles. The zero-order valence-corrected chi connectivity index (χ0v) is 15.4. The van der Waals surface area contributed by atoms with Crippen LogP contribution in [0.5, 0.6) is 5.75 Å². The van der Waals surface area contributed by atoms with E-state index in [1.807, 2.05) is 0 Å². The second-order valence-corrected chi connectivity index (χ2v) is 6.60. The molecule has 0 saturated carbocycles. The summed E-state index contributed by atoms with van der Waals surface area (Å²) in [7, 11) is 1.48. The highest BCUT2D eigenvalue weighted by Crippen LogP contribution is 2.34. The maximum atomic E-state index is 13.0. The summed E-state index contributed by atoms with van der Waals surface area (Å²) in [5, 5.41) is 19.6. The highest BCUT2D eigenvalue weighted by atomic mass is 35.5. The van der Waals surface area contributed by atoms with E-state index in [1.165, 1.54) is 37.5 Å². The molecule has 1 aromatic heterocycles. The first kappa shape index (κ1) is 18.9. The van der Waals surface area contributed by atoms with Gasteiger partial charge in [-0.15, -0.1) is 10.2 Å². The van der Waals surface area contributed by atoms with Crippen LogP contribution in [0.3, 0.4) is 0 Å². The Hall–Kier alpha value is -2.84. The molecule has 0 atom stereocenters. The third-order valence-corrected chi connectivity index (χ3v) is 4.44. The first-order chi connectivity index (χ1) is 13.0. The van der Waals surface area contributed by atoms with Crippen molar-refractivity contribution in [1.82, 2.24) is 10.2 Å². The molecule has 0 aliphatic heterocycles. The number of carboxylic acid groups (broad SMARTS) is 1. The van der Waals surface area contributed by atoms with Crippen molar-refractivity contribution in [2.45, 2.75) is 5.22 Å². The molecule has 3 rings (SSSR count). The smallest absolute Gasteiger partial charge is 0.281 e. The van der Waals surface area contributed by atoms with E-state index in [4.69, 9.17) is 20.8 Å². The van der Waals surface area contributed by atoms with Crippen LogP contribution in [-0.2, 0) is 4.79 Å². The molecule has 0 spiro atoms. The van der Waals surface area contributed by atoms with E-state index in [1.54, 1.807) is 18.2 Å². The predicted octanol–water partition coefficient (Wildman–Crippen LogP) is 3.42. The number of hydrogen-bond donors (Lipinski definition) is 0. The van der Waals surface area contributed by atoms with E-state index >= 15 is 0 Å². The molecular weight excluding hydrogens is 395 g/mol. The number of aromatic nitrogens is 2. The fourth-order valence-corrected chi connectivity index (χ4v) is 2.98. The lowest BCUT2D eigenvalue weighted by Crippen LogP contribution is -2.23. The molecule has 0 radical (unpaired) electrons. The molecule has 27 heavy (non-hydrogen) atoms. The Labute approximate surface area is 162 Å². The largest absolute Gasteiger partial charge is 0.544 e. The van der Waals surface area contributed by atoms with Gasteiger partial charge in [0.2, 0.25) is 0 Å². The van der Waals surface area contributed by atoms with Crippen molar-refractivity contribution in [2.75, 3.05) is 7.11 Å². The Morgan fingerprint density at radius 2 is 2.00 bits per heavy atom. The number of nitrogens with zero attached hydrogens (tertiary/aromatic N) is 2. The second kappa shape index (κ2) is 8.24. The summed E-state index contributed by atoms with van der Waals surface area (Å²) in [5.41, 5.74) is 0.959. The van der Waals surface area contributed by atoms with Crippen molar-refractivity contribution in [3.05, 3.63) is 63.8 Å². The van der Waals surface area contributed by atoms with Gasteiger partial charge in [0, 0.05) is 9.93 Å². The molecule has 0 N–H and O–H groups in total. The minimum atomic E-state index is -1.43. The minimum absolute atomic E-state index is 0.00964. The maximum absolute atomic E-state index is 13.0. The fourth-order valence-electron chi connectivity index (χ4n) is 2.14. The van der Waals surface area contributed by atoms with Crippen molar-refractivity contribution in [3.63, 3.8) is 0 Å². The van der Waals surface area contributed by atoms with Gasteiger partial charge in [0.15, 0.2) is 0 Å². The second-order valence-electron chi connectivity index (χ2n) is 5.17. The van der Waals surface area contributed by atoms with Crippen molar-refractivity contribution in [1.29, 1.82) is 0 Å². The van der Waals surface area contributed by atoms with Crippen LogP contribution in [0.1, 0.15) is 5.56 Å². The van der Waals surface area contributed by atoms with E-state index in [-0.39, 0.29) is 16.0 Å². The Balaban J connectivity index is 1.88. The number of benzene rings is 2. The molecule has 0 fully saturated rings. The molecular formula is C18H11ClFN2O4S-. The lowest BCUT2D eigenvalue weighted by molar-refractivity contribution is -0.298. The molecule has 1 heterocycles. The quantitative estimate of drug-likeness (QED) is 0.458. The summed E-state index contributed by atoms with van der Waals surface area (Å²) in [6, 6.07) is 10.2. The molecule has 0 unspecified atom stereocenters. The van der Waals surface area contributed by atoms with Crippen molar-refractivity contribution in [3.8, 4) is 17.2 Å². The van der Waals surface area contributed by atoms with Gasteiger partial charge in [0.1, 0.15) is 11.6 Å². The predicted molar refractivity (Wildman–Crippen MR) is 96.5 cm³/mol. The third kappa shape index (κ3) is 4.66. The number of ether oxygens (including phenoxy) is 1. The standard InChI is InChI=1S/C18H12ClFN2O4S/c1-25-14-7-4-11(19)9-13(14)16-21-22-18(26-16)27-15(17(23)24)8-10-2-5-12(20)6-3-10/h2-9H,1H3,(H,23,24)/p-1/b15-8-. The van der Waals surface area contributed by atoms with Crippen molar-refractivity contribution < 1.29 is 23.4 Å². The summed E-state index contributed by atoms with van der Waals surface area (Å²) in [4.78, 5) is 11.2. The maximum Gasteiger partial charge on any atom is 0.281 e. The van der Waals surface area contributed by atoms with Crippen LogP contribution < -0.4 is 9.84 Å². The Morgan fingerprint density at radius 1 is 1.26 bits per heavy atom. The van der Waals surface area contributed by atoms with E-state index in [9.17, 15) is 14.3 Å². The van der Waals surface area contributed by atoms with Crippen LogP contribution in [0.15, 0.2) is 57.0 Å². The number of carbonyl (C=O) groups excluding carboxylic acids is 1. The highest BCUT2D eigenvalue weighted by Gasteiger charge is 2.16. The van der Waals surface area contributed by atoms with Crippen LogP contribution in [0, 0.1) is 5.82 Å². The SMILES string of the molecule is COc1ccc(Cl)cc1-c1nnc(S/C(=C\c2ccc(F)cc2)C(=O)[O-])o1. The zero-order valence-electron chi connectivity index (χ0n) is 13.8. The lowest BCUT2D eigenvalue weighted by atomic mass is 10.2. The number of thioether (sulfide) groups is 1. The highest BCUT2D eigenvalue weighted by molar-refractivity contribution is 8.03. The first-order valence-electron chi connectivity index (χ1n) is 7.50. The number of hydrogen-bond acceptors (Lipinski definition) is 7. The number of carbonyl (C=O) groups is 1. The molecule has 3 aromatic rings.